The van der Waals surface area contributed by atoms with Crippen LogP contribution in [0.25, 0.3) is 0 Å². The molecule has 0 atom stereocenters. The number of benzene rings is 1. The summed E-state index contributed by atoms with van der Waals surface area (Å²) in [6, 6.07) is 4.62. The molecule has 0 aliphatic rings. The van der Waals surface area contributed by atoms with Gasteiger partial charge >= 0.3 is 5.97 Å². The fourth-order valence-corrected chi connectivity index (χ4v) is 3.70. The van der Waals surface area contributed by atoms with Gasteiger partial charge in [0.1, 0.15) is 0 Å². The van der Waals surface area contributed by atoms with Gasteiger partial charge in [-0.1, -0.05) is 17.7 Å². The molecular weight excluding hydrogens is 302 g/mol. The van der Waals surface area contributed by atoms with Gasteiger partial charge in [0, 0.05) is 17.0 Å². The molecular formula is C13H18ClNO4S. The lowest BCUT2D eigenvalue weighted by atomic mass is 10.0. The number of halogens is 1. The second-order valence-electron chi connectivity index (χ2n) is 5.29. The molecule has 0 aliphatic heterocycles. The van der Waals surface area contributed by atoms with Gasteiger partial charge in [-0.15, -0.1) is 0 Å². The average Bonchev–Trinajstić information content (AvgIpc) is 2.28. The molecule has 1 rings (SSSR count). The summed E-state index contributed by atoms with van der Waals surface area (Å²) in [4.78, 5) is 10.7. The Morgan fingerprint density at radius 2 is 2.00 bits per heavy atom. The van der Waals surface area contributed by atoms with E-state index in [4.69, 9.17) is 16.7 Å². The molecule has 2 N–H and O–H groups in total. The van der Waals surface area contributed by atoms with Gasteiger partial charge in [0.2, 0.25) is 10.0 Å². The fourth-order valence-electron chi connectivity index (χ4n) is 1.75. The molecule has 0 bridgehead atoms. The number of hydrogen-bond donors (Lipinski definition) is 2. The van der Waals surface area contributed by atoms with E-state index < -0.39 is 21.5 Å². The van der Waals surface area contributed by atoms with E-state index in [0.717, 1.165) is 0 Å². The van der Waals surface area contributed by atoms with E-state index in [1.807, 2.05) is 0 Å². The largest absolute Gasteiger partial charge is 0.481 e. The first kappa shape index (κ1) is 16.9. The first-order valence-corrected chi connectivity index (χ1v) is 7.91. The minimum Gasteiger partial charge on any atom is -0.481 e. The fraction of sp³-hybridized carbons (Fsp3) is 0.462. The number of nitrogens with one attached hydrogen (secondary N) is 1. The van der Waals surface area contributed by atoms with E-state index in [0.29, 0.717) is 10.6 Å². The van der Waals surface area contributed by atoms with Crippen molar-refractivity contribution in [2.24, 2.45) is 0 Å². The van der Waals surface area contributed by atoms with Crippen molar-refractivity contribution in [2.45, 2.75) is 44.0 Å². The van der Waals surface area contributed by atoms with Crippen LogP contribution in [-0.2, 0) is 14.8 Å². The van der Waals surface area contributed by atoms with E-state index >= 15 is 0 Å². The van der Waals surface area contributed by atoms with Crippen molar-refractivity contribution in [1.82, 2.24) is 4.72 Å². The molecule has 0 radical (unpaired) electrons. The summed E-state index contributed by atoms with van der Waals surface area (Å²) in [6.45, 7) is 4.97. The number of rotatable bonds is 6. The Morgan fingerprint density at radius 1 is 1.40 bits per heavy atom. The number of aryl methyl sites for hydroxylation is 1. The van der Waals surface area contributed by atoms with Crippen LogP contribution in [0, 0.1) is 6.92 Å². The smallest absolute Gasteiger partial charge is 0.303 e. The summed E-state index contributed by atoms with van der Waals surface area (Å²) >= 11 is 5.83. The normalized spacial score (nSPS) is 12.4. The maximum Gasteiger partial charge on any atom is 0.303 e. The molecule has 0 heterocycles. The van der Waals surface area contributed by atoms with Crippen molar-refractivity contribution in [3.63, 3.8) is 0 Å². The molecule has 1 aromatic carbocycles. The predicted molar refractivity (Wildman–Crippen MR) is 77.5 cm³/mol. The summed E-state index contributed by atoms with van der Waals surface area (Å²) in [5.41, 5.74) is -0.276. The lowest BCUT2D eigenvalue weighted by Crippen LogP contribution is -2.43. The summed E-state index contributed by atoms with van der Waals surface area (Å²) < 4.78 is 27.2. The number of carbonyl (C=O) groups is 1. The van der Waals surface area contributed by atoms with Gasteiger partial charge in [-0.2, -0.15) is 0 Å². The van der Waals surface area contributed by atoms with Crippen molar-refractivity contribution in [3.05, 3.63) is 28.8 Å². The highest BCUT2D eigenvalue weighted by Crippen LogP contribution is 2.22. The van der Waals surface area contributed by atoms with Crippen LogP contribution in [-0.4, -0.2) is 25.0 Å². The first-order chi connectivity index (χ1) is 9.03. The van der Waals surface area contributed by atoms with Crippen LogP contribution in [0.5, 0.6) is 0 Å². The lowest BCUT2D eigenvalue weighted by Gasteiger charge is -2.25. The molecule has 20 heavy (non-hydrogen) atoms. The Morgan fingerprint density at radius 3 is 2.55 bits per heavy atom. The lowest BCUT2D eigenvalue weighted by molar-refractivity contribution is -0.137. The Hall–Kier alpha value is -1.11. The van der Waals surface area contributed by atoms with E-state index in [9.17, 15) is 13.2 Å². The zero-order valence-electron chi connectivity index (χ0n) is 11.6. The third-order valence-electron chi connectivity index (χ3n) is 2.81. The van der Waals surface area contributed by atoms with Gasteiger partial charge in [0.05, 0.1) is 4.90 Å². The number of sulfonamides is 1. The van der Waals surface area contributed by atoms with Gasteiger partial charge in [-0.25, -0.2) is 13.1 Å². The molecule has 112 valence electrons. The highest BCUT2D eigenvalue weighted by Gasteiger charge is 2.27. The molecule has 0 amide bonds. The van der Waals surface area contributed by atoms with Crippen molar-refractivity contribution in [3.8, 4) is 0 Å². The Labute approximate surface area is 124 Å². The molecule has 0 fully saturated rings. The van der Waals surface area contributed by atoms with Gasteiger partial charge in [0.25, 0.3) is 0 Å². The maximum absolute atomic E-state index is 12.3. The topological polar surface area (TPSA) is 83.5 Å². The van der Waals surface area contributed by atoms with Gasteiger partial charge in [0.15, 0.2) is 0 Å². The van der Waals surface area contributed by atoms with Crippen molar-refractivity contribution in [1.29, 1.82) is 0 Å². The number of aliphatic carboxylic acids is 1. The quantitative estimate of drug-likeness (QED) is 0.844. The van der Waals surface area contributed by atoms with Crippen LogP contribution in [0.2, 0.25) is 5.02 Å². The molecule has 0 aliphatic carbocycles. The molecule has 0 spiro atoms. The van der Waals surface area contributed by atoms with Crippen LogP contribution < -0.4 is 4.72 Å². The van der Waals surface area contributed by atoms with Crippen molar-refractivity contribution in [2.75, 3.05) is 0 Å². The maximum atomic E-state index is 12.3. The van der Waals surface area contributed by atoms with E-state index in [1.165, 1.54) is 6.07 Å². The van der Waals surface area contributed by atoms with Gasteiger partial charge in [-0.05, 0) is 44.9 Å². The number of hydrogen-bond acceptors (Lipinski definition) is 3. The molecule has 0 unspecified atom stereocenters. The van der Waals surface area contributed by atoms with Crippen LogP contribution >= 0.6 is 11.6 Å². The number of carboxylic acid groups (broad SMARTS) is 1. The minimum absolute atomic E-state index is 0.105. The van der Waals surface area contributed by atoms with E-state index in [-0.39, 0.29) is 17.7 Å². The average molecular weight is 320 g/mol. The molecule has 7 heteroatoms. The standard InChI is InChI=1S/C13H18ClNO4S/c1-9-4-5-10(14)8-11(9)20(18,19)15-13(2,3)7-6-12(16)17/h4-5,8,15H,6-7H2,1-3H3,(H,16,17). The second kappa shape index (κ2) is 6.11. The predicted octanol–water partition coefficient (Wildman–Crippen LogP) is 2.57. The third-order valence-corrected chi connectivity index (χ3v) is 4.89. The van der Waals surface area contributed by atoms with Gasteiger partial charge < -0.3 is 5.11 Å². The Kier molecular flexibility index (Phi) is 5.18. The van der Waals surface area contributed by atoms with Gasteiger partial charge in [-0.3, -0.25) is 4.79 Å². The molecule has 5 nitrogen and oxygen atoms in total. The van der Waals surface area contributed by atoms with Crippen LogP contribution in [0.15, 0.2) is 23.1 Å². The molecule has 1 aromatic rings. The second-order valence-corrected chi connectivity index (χ2v) is 7.38. The van der Waals surface area contributed by atoms with E-state index in [2.05, 4.69) is 4.72 Å². The highest BCUT2D eigenvalue weighted by molar-refractivity contribution is 7.89. The van der Waals surface area contributed by atoms with Crippen molar-refractivity contribution < 1.29 is 18.3 Å². The van der Waals surface area contributed by atoms with Crippen molar-refractivity contribution >= 4 is 27.6 Å². The van der Waals surface area contributed by atoms with Crippen LogP contribution in [0.1, 0.15) is 32.3 Å². The monoisotopic (exact) mass is 319 g/mol. The van der Waals surface area contributed by atoms with E-state index in [1.54, 1.807) is 32.9 Å². The highest BCUT2D eigenvalue weighted by atomic mass is 35.5. The summed E-state index contributed by atoms with van der Waals surface area (Å²) in [5, 5.41) is 9.01. The van der Waals surface area contributed by atoms with Crippen LogP contribution in [0.4, 0.5) is 0 Å². The summed E-state index contributed by atoms with van der Waals surface area (Å²) in [5.74, 6) is -0.962. The zero-order chi connectivity index (χ0) is 15.6. The third kappa shape index (κ3) is 4.77. The number of carboxylic acids is 1. The Balaban J connectivity index is 3.00. The summed E-state index contributed by atoms with van der Waals surface area (Å²) in [7, 11) is -3.75. The first-order valence-electron chi connectivity index (χ1n) is 6.05. The SMILES string of the molecule is Cc1ccc(Cl)cc1S(=O)(=O)NC(C)(C)CCC(=O)O. The molecule has 0 saturated carbocycles. The Bertz CT molecular complexity index is 611. The molecule has 0 aromatic heterocycles. The van der Waals surface area contributed by atoms with Crippen LogP contribution in [0.3, 0.4) is 0 Å². The molecule has 0 saturated heterocycles. The zero-order valence-corrected chi connectivity index (χ0v) is 13.2. The summed E-state index contributed by atoms with van der Waals surface area (Å²) in [6.07, 6.45) is 0.0885. The minimum atomic E-state index is -3.75.